The van der Waals surface area contributed by atoms with E-state index in [0.717, 1.165) is 16.0 Å². The quantitative estimate of drug-likeness (QED) is 0.662. The minimum Gasteiger partial charge on any atom is -0.481 e. The van der Waals surface area contributed by atoms with Crippen molar-refractivity contribution in [3.05, 3.63) is 57.8 Å². The topological polar surface area (TPSA) is 95.5 Å². The predicted octanol–water partition coefficient (Wildman–Crippen LogP) is 2.96. The fourth-order valence-corrected chi connectivity index (χ4v) is 3.57. The first-order valence-corrected chi connectivity index (χ1v) is 9.12. The van der Waals surface area contributed by atoms with Gasteiger partial charge in [0.1, 0.15) is 0 Å². The average molecular weight is 374 g/mol. The summed E-state index contributed by atoms with van der Waals surface area (Å²) in [6, 6.07) is 10.0. The molecule has 1 heterocycles. The van der Waals surface area contributed by atoms with E-state index in [2.05, 4.69) is 10.6 Å². The van der Waals surface area contributed by atoms with Crippen molar-refractivity contribution in [3.8, 4) is 0 Å². The fraction of sp³-hybridized carbons (Fsp3) is 0.316. The highest BCUT2D eigenvalue weighted by atomic mass is 32.1. The molecule has 2 unspecified atom stereocenters. The maximum Gasteiger partial charge on any atom is 0.305 e. The molecule has 138 valence electrons. The third kappa shape index (κ3) is 5.70. The van der Waals surface area contributed by atoms with Gasteiger partial charge in [0.25, 0.3) is 0 Å². The predicted molar refractivity (Wildman–Crippen MR) is 99.8 cm³/mol. The van der Waals surface area contributed by atoms with E-state index in [1.54, 1.807) is 0 Å². The van der Waals surface area contributed by atoms with Crippen LogP contribution in [0.1, 0.15) is 47.9 Å². The van der Waals surface area contributed by atoms with Gasteiger partial charge in [0.2, 0.25) is 11.8 Å². The molecule has 0 spiro atoms. The molecule has 0 aliphatic heterocycles. The third-order valence-electron chi connectivity index (χ3n) is 3.93. The maximum atomic E-state index is 12.6. The van der Waals surface area contributed by atoms with Gasteiger partial charge in [0, 0.05) is 11.8 Å². The number of amides is 2. The molecule has 0 aliphatic carbocycles. The van der Waals surface area contributed by atoms with Gasteiger partial charge in [-0.1, -0.05) is 30.3 Å². The van der Waals surface area contributed by atoms with Gasteiger partial charge >= 0.3 is 5.97 Å². The Morgan fingerprint density at radius 2 is 1.77 bits per heavy atom. The average Bonchev–Trinajstić information content (AvgIpc) is 3.07. The van der Waals surface area contributed by atoms with Crippen LogP contribution in [0, 0.1) is 6.92 Å². The van der Waals surface area contributed by atoms with Crippen LogP contribution in [-0.2, 0) is 14.4 Å². The number of hydrogen-bond donors (Lipinski definition) is 3. The molecule has 0 fully saturated rings. The molecular formula is C19H22N2O4S. The second-order valence-electron chi connectivity index (χ2n) is 6.05. The lowest BCUT2D eigenvalue weighted by Crippen LogP contribution is -2.35. The Balaban J connectivity index is 2.14. The first-order valence-electron chi connectivity index (χ1n) is 8.24. The minimum atomic E-state index is -0.991. The molecule has 1 aromatic heterocycles. The summed E-state index contributed by atoms with van der Waals surface area (Å²) < 4.78 is 0. The lowest BCUT2D eigenvalue weighted by atomic mass is 9.98. The maximum absolute atomic E-state index is 12.6. The minimum absolute atomic E-state index is 0.0437. The highest BCUT2D eigenvalue weighted by Crippen LogP contribution is 2.24. The molecule has 2 amide bonds. The molecule has 0 saturated heterocycles. The van der Waals surface area contributed by atoms with Crippen LogP contribution in [0.15, 0.2) is 41.8 Å². The van der Waals surface area contributed by atoms with Crippen molar-refractivity contribution < 1.29 is 19.5 Å². The summed E-state index contributed by atoms with van der Waals surface area (Å²) in [6.45, 7) is 3.28. The molecule has 0 bridgehead atoms. The number of nitrogens with one attached hydrogen (secondary N) is 2. The first-order chi connectivity index (χ1) is 12.4. The van der Waals surface area contributed by atoms with Crippen molar-refractivity contribution in [1.82, 2.24) is 10.6 Å². The van der Waals surface area contributed by atoms with E-state index in [0.29, 0.717) is 0 Å². The number of carbonyl (C=O) groups excluding carboxylic acids is 2. The van der Waals surface area contributed by atoms with Crippen LogP contribution >= 0.6 is 11.3 Å². The summed E-state index contributed by atoms with van der Waals surface area (Å²) in [7, 11) is 0. The molecule has 2 aromatic rings. The van der Waals surface area contributed by atoms with E-state index < -0.39 is 18.1 Å². The van der Waals surface area contributed by atoms with Gasteiger partial charge in [-0.25, -0.2) is 0 Å². The molecular weight excluding hydrogens is 352 g/mol. The number of aliphatic carboxylic acids is 1. The molecule has 6 nitrogen and oxygen atoms in total. The van der Waals surface area contributed by atoms with Crippen molar-refractivity contribution in [2.24, 2.45) is 0 Å². The van der Waals surface area contributed by atoms with Crippen LogP contribution in [0.2, 0.25) is 0 Å². The van der Waals surface area contributed by atoms with Crippen molar-refractivity contribution >= 4 is 29.1 Å². The largest absolute Gasteiger partial charge is 0.481 e. The number of carboxylic acid groups (broad SMARTS) is 1. The van der Waals surface area contributed by atoms with Crippen LogP contribution in [0.25, 0.3) is 0 Å². The Morgan fingerprint density at radius 3 is 2.35 bits per heavy atom. The van der Waals surface area contributed by atoms with Gasteiger partial charge in [-0.3, -0.25) is 14.4 Å². The highest BCUT2D eigenvalue weighted by molar-refractivity contribution is 7.10. The fourth-order valence-electron chi connectivity index (χ4n) is 2.79. The number of hydrogen-bond acceptors (Lipinski definition) is 4. The third-order valence-corrected chi connectivity index (χ3v) is 4.92. The number of thiophene rings is 1. The van der Waals surface area contributed by atoms with Gasteiger partial charge in [0.15, 0.2) is 0 Å². The molecule has 26 heavy (non-hydrogen) atoms. The summed E-state index contributed by atoms with van der Waals surface area (Å²) in [5, 5.41) is 16.6. The van der Waals surface area contributed by atoms with Crippen LogP contribution in [0.4, 0.5) is 0 Å². The summed E-state index contributed by atoms with van der Waals surface area (Å²) in [5.41, 5.74) is 1.69. The molecule has 7 heteroatoms. The van der Waals surface area contributed by atoms with Gasteiger partial charge in [-0.05, 0) is 29.5 Å². The molecule has 2 atom stereocenters. The number of carbonyl (C=O) groups is 3. The molecule has 3 N–H and O–H groups in total. The van der Waals surface area contributed by atoms with E-state index >= 15 is 0 Å². The van der Waals surface area contributed by atoms with Crippen LogP contribution in [-0.4, -0.2) is 22.9 Å². The Kier molecular flexibility index (Phi) is 6.91. The first kappa shape index (κ1) is 19.7. The van der Waals surface area contributed by atoms with Crippen molar-refractivity contribution in [3.63, 3.8) is 0 Å². The number of aryl methyl sites for hydroxylation is 1. The highest BCUT2D eigenvalue weighted by Gasteiger charge is 2.23. The zero-order valence-corrected chi connectivity index (χ0v) is 15.5. The Hall–Kier alpha value is -2.67. The Bertz CT molecular complexity index is 774. The molecule has 0 aliphatic rings. The lowest BCUT2D eigenvalue weighted by Gasteiger charge is -2.22. The second-order valence-corrected chi connectivity index (χ2v) is 7.03. The number of rotatable bonds is 8. The normalized spacial score (nSPS) is 12.8. The van der Waals surface area contributed by atoms with Gasteiger partial charge in [0.05, 0.1) is 24.9 Å². The second kappa shape index (κ2) is 9.15. The number of benzene rings is 1. The Labute approximate surface area is 156 Å². The van der Waals surface area contributed by atoms with Gasteiger partial charge < -0.3 is 15.7 Å². The summed E-state index contributed by atoms with van der Waals surface area (Å²) in [6.07, 6.45) is -0.164. The number of carboxylic acids is 1. The smallest absolute Gasteiger partial charge is 0.305 e. The van der Waals surface area contributed by atoms with Crippen LogP contribution < -0.4 is 10.6 Å². The summed E-state index contributed by atoms with van der Waals surface area (Å²) in [4.78, 5) is 36.1. The molecule has 2 rings (SSSR count). The van der Waals surface area contributed by atoms with Crippen LogP contribution in [0.5, 0.6) is 0 Å². The zero-order chi connectivity index (χ0) is 19.1. The summed E-state index contributed by atoms with van der Waals surface area (Å²) >= 11 is 1.45. The standard InChI is InChI=1S/C19H22N2O4S/c1-12-6-3-4-7-14(12)15(11-19(24)25)21-18(23)10-16(20-13(2)22)17-8-5-9-26-17/h3-9,15-16H,10-11H2,1-2H3,(H,20,22)(H,21,23)(H,24,25). The van der Waals surface area contributed by atoms with E-state index in [1.807, 2.05) is 48.7 Å². The molecule has 0 radical (unpaired) electrons. The van der Waals surface area contributed by atoms with Crippen molar-refractivity contribution in [2.45, 2.75) is 38.8 Å². The van der Waals surface area contributed by atoms with E-state index in [4.69, 9.17) is 0 Å². The summed E-state index contributed by atoms with van der Waals surface area (Å²) in [5.74, 6) is -1.53. The monoisotopic (exact) mass is 374 g/mol. The van der Waals surface area contributed by atoms with E-state index in [9.17, 15) is 19.5 Å². The van der Waals surface area contributed by atoms with Gasteiger partial charge in [-0.15, -0.1) is 11.3 Å². The van der Waals surface area contributed by atoms with Crippen molar-refractivity contribution in [2.75, 3.05) is 0 Å². The zero-order valence-electron chi connectivity index (χ0n) is 14.7. The van der Waals surface area contributed by atoms with Crippen molar-refractivity contribution in [1.29, 1.82) is 0 Å². The van der Waals surface area contributed by atoms with Gasteiger partial charge in [-0.2, -0.15) is 0 Å². The van der Waals surface area contributed by atoms with Crippen LogP contribution in [0.3, 0.4) is 0 Å². The molecule has 1 aromatic carbocycles. The lowest BCUT2D eigenvalue weighted by molar-refractivity contribution is -0.137. The Morgan fingerprint density at radius 1 is 1.04 bits per heavy atom. The SMILES string of the molecule is CC(=O)NC(CC(=O)NC(CC(=O)O)c1ccccc1C)c1cccs1. The van der Waals surface area contributed by atoms with E-state index in [-0.39, 0.29) is 24.7 Å². The van der Waals surface area contributed by atoms with E-state index in [1.165, 1.54) is 18.3 Å². The molecule has 0 saturated carbocycles.